The fourth-order valence-corrected chi connectivity index (χ4v) is 2.63. The van der Waals surface area contributed by atoms with Crippen molar-refractivity contribution < 1.29 is 13.9 Å². The van der Waals surface area contributed by atoms with Crippen LogP contribution in [0.2, 0.25) is 0 Å². The molecule has 25 heavy (non-hydrogen) atoms. The van der Waals surface area contributed by atoms with Crippen molar-refractivity contribution >= 4 is 16.7 Å². The summed E-state index contributed by atoms with van der Waals surface area (Å²) in [4.78, 5) is 16.3. The van der Waals surface area contributed by atoms with Gasteiger partial charge in [-0.15, -0.1) is 0 Å². The van der Waals surface area contributed by atoms with Gasteiger partial charge in [0.2, 0.25) is 11.5 Å². The minimum absolute atomic E-state index is 0.200. The van der Waals surface area contributed by atoms with Crippen molar-refractivity contribution in [2.45, 2.75) is 52.4 Å². The van der Waals surface area contributed by atoms with Gasteiger partial charge in [-0.05, 0) is 31.0 Å². The minimum atomic E-state index is -0.200. The van der Waals surface area contributed by atoms with E-state index in [2.05, 4.69) is 18.0 Å². The topological polar surface area (TPSA) is 75.6 Å². The predicted octanol–water partition coefficient (Wildman–Crippen LogP) is 4.27. The molecule has 1 amide bonds. The average molecular weight is 340 g/mol. The second-order valence-electron chi connectivity index (χ2n) is 5.94. The van der Waals surface area contributed by atoms with Crippen molar-refractivity contribution in [1.29, 1.82) is 5.26 Å². The number of nitrogens with zero attached hydrogens (tertiary/aromatic N) is 2. The summed E-state index contributed by atoms with van der Waals surface area (Å²) in [5, 5.41) is 11.0. The molecule has 0 saturated heterocycles. The van der Waals surface area contributed by atoms with Gasteiger partial charge in [0, 0.05) is 23.6 Å². The number of carbonyl (C=O) groups excluding carboxylic acids is 1. The molecule has 1 heterocycles. The zero-order valence-corrected chi connectivity index (χ0v) is 15.1. The third-order valence-corrected chi connectivity index (χ3v) is 4.06. The van der Waals surface area contributed by atoms with Gasteiger partial charge < -0.3 is 9.15 Å². The number of methoxy groups -OCH3 is 1. The molecule has 5 heteroatoms. The Hall–Kier alpha value is -2.61. The molecule has 0 aliphatic carbocycles. The molecule has 5 nitrogen and oxygen atoms in total. The first kappa shape index (κ1) is 18.7. The summed E-state index contributed by atoms with van der Waals surface area (Å²) in [5.74, 6) is 1.03. The lowest BCUT2D eigenvalue weighted by molar-refractivity contribution is -0.118. The molecule has 0 N–H and O–H groups in total. The van der Waals surface area contributed by atoms with Gasteiger partial charge in [-0.3, -0.25) is 4.79 Å². The average Bonchev–Trinajstić information content (AvgIpc) is 2.64. The summed E-state index contributed by atoms with van der Waals surface area (Å²) in [6.07, 6.45) is 4.65. The van der Waals surface area contributed by atoms with E-state index in [0.717, 1.165) is 25.7 Å². The van der Waals surface area contributed by atoms with Gasteiger partial charge in [0.1, 0.15) is 17.6 Å². The Morgan fingerprint density at radius 3 is 2.64 bits per heavy atom. The van der Waals surface area contributed by atoms with Crippen LogP contribution >= 0.6 is 0 Å². The number of rotatable bonds is 7. The predicted molar refractivity (Wildman–Crippen MR) is 96.2 cm³/mol. The van der Waals surface area contributed by atoms with Crippen molar-refractivity contribution in [3.05, 3.63) is 35.1 Å². The van der Waals surface area contributed by atoms with E-state index < -0.39 is 0 Å². The summed E-state index contributed by atoms with van der Waals surface area (Å²) < 4.78 is 11.2. The highest BCUT2D eigenvalue weighted by Gasteiger charge is 2.14. The second kappa shape index (κ2) is 9.03. The maximum atomic E-state index is 12.1. The highest BCUT2D eigenvalue weighted by Crippen LogP contribution is 2.25. The monoisotopic (exact) mass is 340 g/mol. The van der Waals surface area contributed by atoms with Crippen LogP contribution in [0, 0.1) is 11.3 Å². The van der Waals surface area contributed by atoms with Crippen molar-refractivity contribution in [3.63, 3.8) is 0 Å². The van der Waals surface area contributed by atoms with Crippen LogP contribution < -0.4 is 10.3 Å². The van der Waals surface area contributed by atoms with Gasteiger partial charge in [0.25, 0.3) is 0 Å². The van der Waals surface area contributed by atoms with Crippen molar-refractivity contribution in [2.24, 2.45) is 4.99 Å². The Morgan fingerprint density at radius 1 is 1.24 bits per heavy atom. The lowest BCUT2D eigenvalue weighted by Crippen LogP contribution is -2.11. The van der Waals surface area contributed by atoms with E-state index in [4.69, 9.17) is 9.15 Å². The second-order valence-corrected chi connectivity index (χ2v) is 5.94. The maximum Gasteiger partial charge on any atom is 0.248 e. The SMILES string of the molecule is CCCCC(=O)N=c1oc(CCCC)c(C#N)c2cc(OC)ccc12. The Bertz CT molecular complexity index is 860. The molecule has 0 spiro atoms. The van der Waals surface area contributed by atoms with Gasteiger partial charge in [0.15, 0.2) is 0 Å². The normalized spacial score (nSPS) is 11.5. The highest BCUT2D eigenvalue weighted by molar-refractivity contribution is 5.89. The third-order valence-electron chi connectivity index (χ3n) is 4.06. The van der Waals surface area contributed by atoms with Crippen LogP contribution in [0.4, 0.5) is 0 Å². The van der Waals surface area contributed by atoms with Crippen LogP contribution in [0.3, 0.4) is 0 Å². The molecular weight excluding hydrogens is 316 g/mol. The number of ether oxygens (including phenoxy) is 1. The van der Waals surface area contributed by atoms with Crippen LogP contribution in [-0.2, 0) is 11.2 Å². The summed E-state index contributed by atoms with van der Waals surface area (Å²) in [7, 11) is 1.58. The van der Waals surface area contributed by atoms with E-state index in [9.17, 15) is 10.1 Å². The molecule has 0 aliphatic heterocycles. The number of carbonyl (C=O) groups is 1. The summed E-state index contributed by atoms with van der Waals surface area (Å²) in [6.45, 7) is 4.11. The molecule has 1 aromatic carbocycles. The third kappa shape index (κ3) is 4.48. The Balaban J connectivity index is 2.69. The van der Waals surface area contributed by atoms with Gasteiger partial charge in [-0.1, -0.05) is 26.7 Å². The molecule has 2 aromatic rings. The van der Waals surface area contributed by atoms with E-state index >= 15 is 0 Å². The molecule has 0 bridgehead atoms. The minimum Gasteiger partial charge on any atom is -0.497 e. The fourth-order valence-electron chi connectivity index (χ4n) is 2.63. The molecule has 1 aromatic heterocycles. The standard InChI is InChI=1S/C20H24N2O3/c1-4-6-8-18-17(13-21)16-12-14(24-3)10-11-15(16)20(25-18)22-19(23)9-7-5-2/h10-12H,4-9H2,1-3H3. The molecule has 132 valence electrons. The molecule has 2 rings (SSSR count). The summed E-state index contributed by atoms with van der Waals surface area (Å²) in [5.41, 5.74) is 0.770. The largest absolute Gasteiger partial charge is 0.497 e. The number of nitriles is 1. The first-order valence-electron chi connectivity index (χ1n) is 8.75. The van der Waals surface area contributed by atoms with Crippen LogP contribution in [0.25, 0.3) is 10.8 Å². The number of unbranched alkanes of at least 4 members (excludes halogenated alkanes) is 2. The lowest BCUT2D eigenvalue weighted by Gasteiger charge is -2.09. The van der Waals surface area contributed by atoms with Gasteiger partial charge in [0.05, 0.1) is 12.7 Å². The van der Waals surface area contributed by atoms with Gasteiger partial charge in [-0.2, -0.15) is 10.3 Å². The Kier molecular flexibility index (Phi) is 6.76. The van der Waals surface area contributed by atoms with Crippen molar-refractivity contribution in [1.82, 2.24) is 0 Å². The molecule has 0 unspecified atom stereocenters. The quantitative estimate of drug-likeness (QED) is 0.754. The van der Waals surface area contributed by atoms with Crippen LogP contribution in [-0.4, -0.2) is 13.0 Å². The van der Waals surface area contributed by atoms with Crippen LogP contribution in [0.5, 0.6) is 5.75 Å². The molecule has 0 radical (unpaired) electrons. The van der Waals surface area contributed by atoms with E-state index in [1.54, 1.807) is 25.3 Å². The first-order chi connectivity index (χ1) is 12.1. The number of hydrogen-bond acceptors (Lipinski definition) is 4. The smallest absolute Gasteiger partial charge is 0.248 e. The summed E-state index contributed by atoms with van der Waals surface area (Å²) in [6, 6.07) is 7.60. The van der Waals surface area contributed by atoms with Crippen molar-refractivity contribution in [2.75, 3.05) is 7.11 Å². The molecule has 0 saturated carbocycles. The van der Waals surface area contributed by atoms with Gasteiger partial charge in [-0.25, -0.2) is 0 Å². The molecule has 0 atom stereocenters. The number of amides is 1. The van der Waals surface area contributed by atoms with E-state index in [1.165, 1.54) is 0 Å². The Morgan fingerprint density at radius 2 is 2.00 bits per heavy atom. The molecular formula is C20H24N2O3. The highest BCUT2D eigenvalue weighted by atomic mass is 16.5. The number of benzene rings is 1. The fraction of sp³-hybridized carbons (Fsp3) is 0.450. The van der Waals surface area contributed by atoms with E-state index in [-0.39, 0.29) is 11.5 Å². The van der Waals surface area contributed by atoms with Crippen LogP contribution in [0.1, 0.15) is 57.3 Å². The van der Waals surface area contributed by atoms with E-state index in [0.29, 0.717) is 40.7 Å². The molecule has 0 fully saturated rings. The first-order valence-corrected chi connectivity index (χ1v) is 8.75. The summed E-state index contributed by atoms with van der Waals surface area (Å²) >= 11 is 0. The number of hydrogen-bond donors (Lipinski definition) is 0. The molecule has 0 aliphatic rings. The van der Waals surface area contributed by atoms with E-state index in [1.807, 2.05) is 6.92 Å². The van der Waals surface area contributed by atoms with Crippen molar-refractivity contribution in [3.8, 4) is 11.8 Å². The zero-order chi connectivity index (χ0) is 18.2. The number of aryl methyl sites for hydroxylation is 1. The number of fused-ring (bicyclic) bond motifs is 1. The zero-order valence-electron chi connectivity index (χ0n) is 15.1. The Labute approximate surface area is 147 Å². The van der Waals surface area contributed by atoms with Gasteiger partial charge >= 0.3 is 0 Å². The lowest BCUT2D eigenvalue weighted by atomic mass is 10.0. The van der Waals surface area contributed by atoms with Crippen LogP contribution in [0.15, 0.2) is 27.6 Å². The maximum absolute atomic E-state index is 12.1.